The van der Waals surface area contributed by atoms with Crippen LogP contribution >= 0.6 is 11.9 Å². The zero-order valence-electron chi connectivity index (χ0n) is 21.5. The van der Waals surface area contributed by atoms with Crippen molar-refractivity contribution >= 4 is 34.7 Å². The van der Waals surface area contributed by atoms with Crippen LogP contribution in [-0.4, -0.2) is 17.5 Å². The molecule has 1 aliphatic rings. The zero-order chi connectivity index (χ0) is 25.7. The lowest BCUT2D eigenvalue weighted by Gasteiger charge is -2.27. The lowest BCUT2D eigenvalue weighted by Crippen LogP contribution is -2.22. The van der Waals surface area contributed by atoms with Gasteiger partial charge in [0.25, 0.3) is 0 Å². The Morgan fingerprint density at radius 1 is 1.09 bits per heavy atom. The summed E-state index contributed by atoms with van der Waals surface area (Å²) in [5.74, 6) is 0.823. The van der Waals surface area contributed by atoms with Crippen LogP contribution in [0.5, 0.6) is 5.75 Å². The number of phenols is 1. The van der Waals surface area contributed by atoms with Crippen molar-refractivity contribution in [2.75, 3.05) is 11.4 Å². The van der Waals surface area contributed by atoms with Crippen molar-refractivity contribution in [3.63, 3.8) is 0 Å². The van der Waals surface area contributed by atoms with E-state index in [1.54, 1.807) is 18.2 Å². The Kier molecular flexibility index (Phi) is 13.1. The summed E-state index contributed by atoms with van der Waals surface area (Å²) in [6.45, 7) is 21.1. The lowest BCUT2D eigenvalue weighted by molar-refractivity contribution is 0.475. The molecule has 6 heteroatoms. The number of rotatable bonds is 7. The average molecular weight is 486 g/mol. The minimum atomic E-state index is -0.228. The summed E-state index contributed by atoms with van der Waals surface area (Å²) >= 11 is 1.47. The van der Waals surface area contributed by atoms with Crippen LogP contribution in [0.3, 0.4) is 0 Å². The van der Waals surface area contributed by atoms with Crippen molar-refractivity contribution in [1.82, 2.24) is 4.72 Å². The van der Waals surface area contributed by atoms with Crippen LogP contribution in [0.2, 0.25) is 0 Å². The molecule has 1 heterocycles. The smallest absolute Gasteiger partial charge is 0.142 e. The number of hydrogen-bond donors (Lipinski definition) is 2. The number of aromatic hydroxyl groups is 1. The third kappa shape index (κ3) is 9.26. The first-order valence-electron chi connectivity index (χ1n) is 11.8. The second kappa shape index (κ2) is 15.2. The van der Waals surface area contributed by atoms with Gasteiger partial charge in [0.15, 0.2) is 0 Å². The van der Waals surface area contributed by atoms with Crippen molar-refractivity contribution in [3.8, 4) is 5.75 Å². The van der Waals surface area contributed by atoms with Crippen molar-refractivity contribution in [2.45, 2.75) is 72.1 Å². The number of nitrogens with one attached hydrogen (secondary N) is 1. The number of phenolic OH excluding ortho intramolecular Hbond substituents is 1. The van der Waals surface area contributed by atoms with Gasteiger partial charge in [0, 0.05) is 23.5 Å². The molecular weight excluding hydrogens is 445 g/mol. The average Bonchev–Trinajstić information content (AvgIpc) is 2.81. The van der Waals surface area contributed by atoms with Crippen LogP contribution in [0.15, 0.2) is 65.1 Å². The minimum absolute atomic E-state index is 0.228. The monoisotopic (exact) mass is 485 g/mol. The number of fused-ring (bicyclic) bond motifs is 1. The van der Waals surface area contributed by atoms with Gasteiger partial charge >= 0.3 is 0 Å². The Morgan fingerprint density at radius 3 is 2.32 bits per heavy atom. The maximum Gasteiger partial charge on any atom is 0.142 e. The molecule has 186 valence electrons. The molecule has 0 radical (unpaired) electrons. The molecule has 0 aliphatic carbocycles. The molecule has 2 N–H and O–H groups in total. The van der Waals surface area contributed by atoms with E-state index in [2.05, 4.69) is 48.5 Å². The molecule has 4 nitrogen and oxygen atoms in total. The van der Waals surface area contributed by atoms with Crippen molar-refractivity contribution < 1.29 is 9.50 Å². The molecule has 3 rings (SSSR count). The van der Waals surface area contributed by atoms with Crippen LogP contribution in [0.4, 0.5) is 15.8 Å². The highest BCUT2D eigenvalue weighted by atomic mass is 32.2. The second-order valence-electron chi connectivity index (χ2n) is 8.21. The van der Waals surface area contributed by atoms with Gasteiger partial charge in [-0.05, 0) is 75.0 Å². The predicted octanol–water partition coefficient (Wildman–Crippen LogP) is 8.86. The molecule has 34 heavy (non-hydrogen) atoms. The van der Waals surface area contributed by atoms with Crippen LogP contribution < -0.4 is 9.62 Å². The summed E-state index contributed by atoms with van der Waals surface area (Å²) in [5.41, 5.74) is 4.35. The number of aliphatic imine (C=N–C) groups is 1. The van der Waals surface area contributed by atoms with Gasteiger partial charge < -0.3 is 14.7 Å². The lowest BCUT2D eigenvalue weighted by atomic mass is 10.0. The first kappa shape index (κ1) is 29.3. The van der Waals surface area contributed by atoms with Gasteiger partial charge in [-0.1, -0.05) is 59.3 Å². The topological polar surface area (TPSA) is 47.9 Å². The van der Waals surface area contributed by atoms with E-state index in [1.807, 2.05) is 32.9 Å². The summed E-state index contributed by atoms with van der Waals surface area (Å²) < 4.78 is 16.4. The Bertz CT molecular complexity index is 986. The van der Waals surface area contributed by atoms with Crippen LogP contribution in [0.25, 0.3) is 5.57 Å². The van der Waals surface area contributed by atoms with Crippen LogP contribution in [0, 0.1) is 5.82 Å². The van der Waals surface area contributed by atoms with E-state index in [4.69, 9.17) is 0 Å². The summed E-state index contributed by atoms with van der Waals surface area (Å²) in [4.78, 5) is 7.27. The number of benzene rings is 2. The molecule has 0 bridgehead atoms. The number of unbranched alkanes of at least 4 members (excludes halogenated alkanes) is 2. The standard InChI is InChI=1S/C16H22FN.C8H8N2OS.C4H10/c1-6-7-10-18(13(4)5)16-9-8-14(17)11-15(16)12(2)3;1-5-9-8-6(11)3-2-4-7(8)12-10-5;1-3-4-2/h8-9,11H,2,4,6-7,10H2,1,3,5H3;2-4,11H,1H3,(H,9,10);3-4H2,1-2H3. The number of amidine groups is 1. The van der Waals surface area contributed by atoms with E-state index in [0.717, 1.165) is 52.6 Å². The highest BCUT2D eigenvalue weighted by Crippen LogP contribution is 2.38. The van der Waals surface area contributed by atoms with E-state index in [1.165, 1.54) is 30.9 Å². The fourth-order valence-electron chi connectivity index (χ4n) is 2.94. The quantitative estimate of drug-likeness (QED) is 0.385. The Labute approximate surface area is 209 Å². The molecule has 0 saturated carbocycles. The molecule has 0 fully saturated rings. The van der Waals surface area contributed by atoms with Gasteiger partial charge in [-0.25, -0.2) is 9.38 Å². The highest BCUT2D eigenvalue weighted by Gasteiger charge is 2.13. The van der Waals surface area contributed by atoms with Crippen LogP contribution in [0.1, 0.15) is 72.8 Å². The third-order valence-electron chi connectivity index (χ3n) is 4.97. The van der Waals surface area contributed by atoms with Gasteiger partial charge in [0.05, 0.1) is 4.90 Å². The SMILES string of the molecule is C=C(C)c1cc(F)ccc1N(CCCC)C(=C)C.CC1=Nc2c(O)cccc2SN1.CCCC. The van der Waals surface area contributed by atoms with Crippen molar-refractivity contribution in [3.05, 3.63) is 66.6 Å². The largest absolute Gasteiger partial charge is 0.506 e. The highest BCUT2D eigenvalue weighted by molar-refractivity contribution is 7.98. The molecule has 0 amide bonds. The van der Waals surface area contributed by atoms with Crippen molar-refractivity contribution in [1.29, 1.82) is 0 Å². The number of halogens is 1. The fourth-order valence-corrected chi connectivity index (χ4v) is 3.64. The molecule has 0 atom stereocenters. The fraction of sp³-hybridized carbons (Fsp3) is 0.393. The van der Waals surface area contributed by atoms with Gasteiger partial charge in [0.1, 0.15) is 23.1 Å². The molecule has 2 aromatic rings. The number of para-hydroxylation sites is 1. The van der Waals surface area contributed by atoms with Gasteiger partial charge in [-0.2, -0.15) is 0 Å². The molecule has 1 aliphatic heterocycles. The maximum absolute atomic E-state index is 13.3. The van der Waals surface area contributed by atoms with Crippen LogP contribution in [-0.2, 0) is 0 Å². The Hall–Kier alpha value is -2.73. The number of anilines is 1. The first-order chi connectivity index (χ1) is 16.2. The van der Waals surface area contributed by atoms with Gasteiger partial charge in [0.2, 0.25) is 0 Å². The second-order valence-corrected chi connectivity index (χ2v) is 9.06. The Morgan fingerprint density at radius 2 is 1.76 bits per heavy atom. The molecule has 0 spiro atoms. The molecule has 0 aromatic heterocycles. The minimum Gasteiger partial charge on any atom is -0.506 e. The van der Waals surface area contributed by atoms with E-state index in [9.17, 15) is 9.50 Å². The van der Waals surface area contributed by atoms with E-state index in [0.29, 0.717) is 5.69 Å². The normalized spacial score (nSPS) is 11.4. The Balaban J connectivity index is 0.000000309. The van der Waals surface area contributed by atoms with E-state index < -0.39 is 0 Å². The first-order valence-corrected chi connectivity index (χ1v) is 12.7. The summed E-state index contributed by atoms with van der Waals surface area (Å²) in [7, 11) is 0. The maximum atomic E-state index is 13.3. The predicted molar refractivity (Wildman–Crippen MR) is 149 cm³/mol. The third-order valence-corrected chi connectivity index (χ3v) is 5.92. The zero-order valence-corrected chi connectivity index (χ0v) is 22.4. The number of allylic oxidation sites excluding steroid dienone is 2. The van der Waals surface area contributed by atoms with E-state index in [-0.39, 0.29) is 11.6 Å². The van der Waals surface area contributed by atoms with Gasteiger partial charge in [-0.15, -0.1) is 0 Å². The van der Waals surface area contributed by atoms with Crippen molar-refractivity contribution in [2.24, 2.45) is 4.99 Å². The summed E-state index contributed by atoms with van der Waals surface area (Å²) in [6.07, 6.45) is 4.84. The van der Waals surface area contributed by atoms with Gasteiger partial charge in [-0.3, -0.25) is 0 Å². The molecular formula is C28H40FN3OS. The number of hydrogen-bond acceptors (Lipinski definition) is 5. The molecule has 2 aromatic carbocycles. The number of nitrogens with zero attached hydrogens (tertiary/aromatic N) is 2. The summed E-state index contributed by atoms with van der Waals surface area (Å²) in [5, 5.41) is 9.43. The molecule has 0 saturated heterocycles. The summed E-state index contributed by atoms with van der Waals surface area (Å²) in [6, 6.07) is 10.2. The van der Waals surface area contributed by atoms with E-state index >= 15 is 0 Å². The molecule has 0 unspecified atom stereocenters.